The summed E-state index contributed by atoms with van der Waals surface area (Å²) in [6, 6.07) is 19.0. The predicted octanol–water partition coefficient (Wildman–Crippen LogP) is 8.47. The molecule has 0 aromatic heterocycles. The van der Waals surface area contributed by atoms with Gasteiger partial charge < -0.3 is 24.4 Å². The Balaban J connectivity index is 1.63. The van der Waals surface area contributed by atoms with E-state index in [4.69, 9.17) is 14.2 Å². The number of rotatable bonds is 18. The molecule has 3 aromatic carbocycles. The maximum absolute atomic E-state index is 12.5. The molecule has 3 rings (SSSR count). The Labute approximate surface area is 255 Å². The van der Waals surface area contributed by atoms with Crippen molar-refractivity contribution in [1.82, 2.24) is 0 Å². The van der Waals surface area contributed by atoms with E-state index in [1.807, 2.05) is 30.3 Å². The molecule has 2 N–H and O–H groups in total. The number of benzene rings is 3. The third-order valence-corrected chi connectivity index (χ3v) is 6.98. The molecule has 0 aliphatic carbocycles. The van der Waals surface area contributed by atoms with Gasteiger partial charge in [0.2, 0.25) is 0 Å². The summed E-state index contributed by atoms with van der Waals surface area (Å²) in [7, 11) is 0. The lowest BCUT2D eigenvalue weighted by Crippen LogP contribution is -2.08. The van der Waals surface area contributed by atoms with E-state index in [1.165, 1.54) is 57.6 Å². The fourth-order valence-electron chi connectivity index (χ4n) is 4.64. The van der Waals surface area contributed by atoms with Crippen LogP contribution >= 0.6 is 0 Å². The topological polar surface area (TPSA) is 102 Å². The summed E-state index contributed by atoms with van der Waals surface area (Å²) in [5.74, 6) is 0.0715. The second-order valence-electron chi connectivity index (χ2n) is 10.6. The van der Waals surface area contributed by atoms with Crippen LogP contribution in [0, 0.1) is 0 Å². The van der Waals surface area contributed by atoms with Crippen molar-refractivity contribution >= 4 is 18.0 Å². The second-order valence-corrected chi connectivity index (χ2v) is 10.6. The molecule has 0 aliphatic rings. The van der Waals surface area contributed by atoms with Crippen LogP contribution in [0.5, 0.6) is 23.0 Å². The summed E-state index contributed by atoms with van der Waals surface area (Å²) >= 11 is 0. The van der Waals surface area contributed by atoms with E-state index < -0.39 is 12.1 Å². The highest BCUT2D eigenvalue weighted by Crippen LogP contribution is 2.33. The van der Waals surface area contributed by atoms with E-state index in [1.54, 1.807) is 36.4 Å². The first-order chi connectivity index (χ1) is 20.9. The molecule has 7 nitrogen and oxygen atoms in total. The van der Waals surface area contributed by atoms with E-state index in [9.17, 15) is 19.8 Å². The van der Waals surface area contributed by atoms with E-state index in [0.717, 1.165) is 24.8 Å². The highest BCUT2D eigenvalue weighted by Gasteiger charge is 2.15. The van der Waals surface area contributed by atoms with Crippen LogP contribution in [-0.4, -0.2) is 22.2 Å². The van der Waals surface area contributed by atoms with Gasteiger partial charge in [-0.3, -0.25) is 9.59 Å². The van der Waals surface area contributed by atoms with Crippen molar-refractivity contribution in [3.05, 3.63) is 89.5 Å². The van der Waals surface area contributed by atoms with Crippen LogP contribution in [0.2, 0.25) is 0 Å². The van der Waals surface area contributed by atoms with Crippen LogP contribution < -0.4 is 14.2 Å². The number of aliphatic hydroxyl groups is 1. The first-order valence-corrected chi connectivity index (χ1v) is 15.2. The number of aromatic hydroxyl groups is 1. The average Bonchev–Trinajstić information content (AvgIpc) is 2.99. The molecule has 43 heavy (non-hydrogen) atoms. The van der Waals surface area contributed by atoms with Crippen LogP contribution in [-0.2, 0) is 16.2 Å². The maximum Gasteiger partial charge on any atom is 0.311 e. The van der Waals surface area contributed by atoms with Crippen molar-refractivity contribution in [1.29, 1.82) is 0 Å². The Bertz CT molecular complexity index is 1320. The minimum absolute atomic E-state index is 0.100. The number of phenolic OH excluding ortho intramolecular Hbond substituents is 1. The van der Waals surface area contributed by atoms with Gasteiger partial charge in [-0.05, 0) is 36.2 Å². The normalized spacial score (nSPS) is 11.8. The van der Waals surface area contributed by atoms with Crippen LogP contribution in [0.3, 0.4) is 0 Å². The Morgan fingerprint density at radius 3 is 2.14 bits per heavy atom. The molecule has 0 aliphatic heterocycles. The molecular formula is C36H44O7. The molecule has 7 heteroatoms. The van der Waals surface area contributed by atoms with Gasteiger partial charge in [0.15, 0.2) is 0 Å². The zero-order chi connectivity index (χ0) is 30.9. The summed E-state index contributed by atoms with van der Waals surface area (Å²) in [4.78, 5) is 23.7. The third-order valence-electron chi connectivity index (χ3n) is 6.98. The van der Waals surface area contributed by atoms with Gasteiger partial charge in [0, 0.05) is 36.6 Å². The smallest absolute Gasteiger partial charge is 0.311 e. The zero-order valence-corrected chi connectivity index (χ0v) is 25.3. The Hall–Kier alpha value is -4.10. The molecule has 230 valence electrons. The average molecular weight is 589 g/mol. The molecule has 1 unspecified atom stereocenters. The molecule has 0 saturated heterocycles. The van der Waals surface area contributed by atoms with Crippen LogP contribution in [0.1, 0.15) is 101 Å². The van der Waals surface area contributed by atoms with E-state index in [-0.39, 0.29) is 24.1 Å². The summed E-state index contributed by atoms with van der Waals surface area (Å²) in [6.07, 6.45) is 12.9. The van der Waals surface area contributed by atoms with Crippen molar-refractivity contribution in [2.75, 3.05) is 0 Å². The summed E-state index contributed by atoms with van der Waals surface area (Å²) < 4.78 is 16.7. The number of carbonyl (C=O) groups excluding carboxylic acids is 2. The van der Waals surface area contributed by atoms with Gasteiger partial charge >= 0.3 is 11.9 Å². The fraction of sp³-hybridized carbons (Fsp3) is 0.389. The van der Waals surface area contributed by atoms with Gasteiger partial charge in [-0.15, -0.1) is 0 Å². The van der Waals surface area contributed by atoms with Gasteiger partial charge in [-0.2, -0.15) is 0 Å². The number of ether oxygens (including phenoxy) is 3. The molecular weight excluding hydrogens is 544 g/mol. The lowest BCUT2D eigenvalue weighted by atomic mass is 10.1. The highest BCUT2D eigenvalue weighted by molar-refractivity contribution is 5.72. The molecule has 0 spiro atoms. The Morgan fingerprint density at radius 2 is 1.47 bits per heavy atom. The van der Waals surface area contributed by atoms with Crippen molar-refractivity contribution < 1.29 is 34.0 Å². The zero-order valence-electron chi connectivity index (χ0n) is 25.3. The van der Waals surface area contributed by atoms with Gasteiger partial charge in [0.05, 0.1) is 0 Å². The highest BCUT2D eigenvalue weighted by atomic mass is 16.5. The number of aliphatic hydroxyl groups excluding tert-OH is 1. The molecule has 1 atom stereocenters. The Morgan fingerprint density at radius 1 is 0.814 bits per heavy atom. The van der Waals surface area contributed by atoms with Crippen LogP contribution in [0.25, 0.3) is 6.08 Å². The molecule has 0 bridgehead atoms. The maximum atomic E-state index is 12.5. The molecule has 0 radical (unpaired) electrons. The lowest BCUT2D eigenvalue weighted by Gasteiger charge is -2.16. The number of phenols is 1. The van der Waals surface area contributed by atoms with Gasteiger partial charge in [-0.1, -0.05) is 101 Å². The fourth-order valence-corrected chi connectivity index (χ4v) is 4.64. The monoisotopic (exact) mass is 588 g/mol. The van der Waals surface area contributed by atoms with Crippen LogP contribution in [0.15, 0.2) is 72.8 Å². The summed E-state index contributed by atoms with van der Waals surface area (Å²) in [5, 5.41) is 21.3. The second kappa shape index (κ2) is 18.4. The van der Waals surface area contributed by atoms with E-state index >= 15 is 0 Å². The summed E-state index contributed by atoms with van der Waals surface area (Å²) in [6.45, 7) is 3.76. The number of esters is 2. The lowest BCUT2D eigenvalue weighted by molar-refractivity contribution is -0.134. The molecule has 0 fully saturated rings. The number of hydrogen-bond donors (Lipinski definition) is 2. The number of unbranched alkanes of at least 4 members (excludes halogenated alkanes) is 8. The molecule has 3 aromatic rings. The van der Waals surface area contributed by atoms with E-state index in [2.05, 4.69) is 6.92 Å². The molecule has 0 saturated carbocycles. The quantitative estimate of drug-likeness (QED) is 0.0873. The van der Waals surface area contributed by atoms with E-state index in [0.29, 0.717) is 29.0 Å². The predicted molar refractivity (Wildman–Crippen MR) is 168 cm³/mol. The van der Waals surface area contributed by atoms with Gasteiger partial charge in [0.25, 0.3) is 0 Å². The first-order valence-electron chi connectivity index (χ1n) is 15.2. The minimum Gasteiger partial charge on any atom is -0.507 e. The summed E-state index contributed by atoms with van der Waals surface area (Å²) in [5.41, 5.74) is 1.86. The Kier molecular flexibility index (Phi) is 14.3. The van der Waals surface area contributed by atoms with Crippen molar-refractivity contribution in [2.45, 2.75) is 90.8 Å². The van der Waals surface area contributed by atoms with Crippen molar-refractivity contribution in [3.8, 4) is 23.0 Å². The first kappa shape index (κ1) is 33.4. The number of carbonyl (C=O) groups is 2. The van der Waals surface area contributed by atoms with Gasteiger partial charge in [-0.25, -0.2) is 0 Å². The van der Waals surface area contributed by atoms with Crippen molar-refractivity contribution in [3.63, 3.8) is 0 Å². The minimum atomic E-state index is -1.08. The standard InChI is InChI=1S/C36H44O7/c1-3-4-5-6-7-8-9-10-14-17-36(40)43-31-21-22-32(35(25-31)41-26-28-15-12-11-13-16-28)33(38)23-19-29-18-20-30(24-34(29)39)42-27(2)37/h11-13,15-16,18-25,33,38-39H,3-10,14,17,26H2,1-2H3. The molecule has 0 heterocycles. The SMILES string of the molecule is CCCCCCCCCCCC(=O)Oc1ccc(C(O)C=Cc2ccc(OC(C)=O)cc2O)c(OCc2ccccc2)c1. The van der Waals surface area contributed by atoms with Crippen molar-refractivity contribution in [2.24, 2.45) is 0 Å². The van der Waals surface area contributed by atoms with Crippen LogP contribution in [0.4, 0.5) is 0 Å². The molecule has 0 amide bonds. The van der Waals surface area contributed by atoms with Gasteiger partial charge in [0.1, 0.15) is 35.7 Å². The third kappa shape index (κ3) is 12.3. The largest absolute Gasteiger partial charge is 0.507 e. The number of hydrogen-bond acceptors (Lipinski definition) is 7.